The van der Waals surface area contributed by atoms with E-state index < -0.39 is 0 Å². The molecule has 0 bridgehead atoms. The normalized spacial score (nSPS) is 17.3. The highest BCUT2D eigenvalue weighted by molar-refractivity contribution is 7.80. The van der Waals surface area contributed by atoms with Crippen molar-refractivity contribution in [2.75, 3.05) is 11.9 Å². The number of rotatable bonds is 7. The number of thiocarbonyl (C=S) groups is 1. The molecular formula is C27H23FN4O2S. The van der Waals surface area contributed by atoms with E-state index in [-0.39, 0.29) is 30.2 Å². The number of carbonyl (C=O) groups excluding carboxylic acids is 1. The minimum Gasteiger partial charge on any atom is -0.459 e. The number of hydrogen-bond acceptors (Lipinski definition) is 4. The molecule has 6 nitrogen and oxygen atoms in total. The molecule has 4 aromatic rings. The van der Waals surface area contributed by atoms with Crippen LogP contribution in [-0.4, -0.2) is 27.4 Å². The standard InChI is InChI=1S/C27H23FN4O2S/c28-19-9-11-20(12-10-19)30-24(33)15-17-32-26(25(31-27(32)35)21-8-4-5-16-29-21)23-14-13-22(34-23)18-6-2-1-3-7-18/h1-14,16,25-26H,15,17H2,(H,30,33)(H,31,35)/t25-,26-/m1/s1. The number of amides is 1. The second kappa shape index (κ2) is 10.1. The Morgan fingerprint density at radius 1 is 1.03 bits per heavy atom. The second-order valence-electron chi connectivity index (χ2n) is 8.19. The van der Waals surface area contributed by atoms with Crippen LogP contribution in [0.3, 0.4) is 0 Å². The molecule has 1 aliphatic heterocycles. The van der Waals surface area contributed by atoms with Gasteiger partial charge in [-0.3, -0.25) is 9.78 Å². The number of nitrogens with zero attached hydrogens (tertiary/aromatic N) is 2. The van der Waals surface area contributed by atoms with Gasteiger partial charge in [0.15, 0.2) is 5.11 Å². The van der Waals surface area contributed by atoms with Gasteiger partial charge in [0.25, 0.3) is 0 Å². The summed E-state index contributed by atoms with van der Waals surface area (Å²) in [4.78, 5) is 19.1. The maximum absolute atomic E-state index is 13.2. The maximum Gasteiger partial charge on any atom is 0.226 e. The fourth-order valence-corrected chi connectivity index (χ4v) is 4.54. The van der Waals surface area contributed by atoms with Crippen molar-refractivity contribution in [2.45, 2.75) is 18.5 Å². The van der Waals surface area contributed by atoms with Gasteiger partial charge >= 0.3 is 0 Å². The predicted molar refractivity (Wildman–Crippen MR) is 136 cm³/mol. The smallest absolute Gasteiger partial charge is 0.226 e. The maximum atomic E-state index is 13.2. The zero-order valence-corrected chi connectivity index (χ0v) is 19.5. The summed E-state index contributed by atoms with van der Waals surface area (Å²) in [6.45, 7) is 0.369. The molecule has 1 amide bonds. The average molecular weight is 487 g/mol. The van der Waals surface area contributed by atoms with Crippen molar-refractivity contribution in [3.05, 3.63) is 108 Å². The summed E-state index contributed by atoms with van der Waals surface area (Å²) in [5, 5.41) is 6.68. The quantitative estimate of drug-likeness (QED) is 0.337. The van der Waals surface area contributed by atoms with Crippen LogP contribution in [0.25, 0.3) is 11.3 Å². The molecule has 8 heteroatoms. The highest BCUT2D eigenvalue weighted by atomic mass is 32.1. The Hall–Kier alpha value is -4.04. The van der Waals surface area contributed by atoms with Crippen LogP contribution in [0.2, 0.25) is 0 Å². The lowest BCUT2D eigenvalue weighted by atomic mass is 10.0. The van der Waals surface area contributed by atoms with Gasteiger partial charge in [0.05, 0.1) is 11.7 Å². The second-order valence-corrected chi connectivity index (χ2v) is 8.58. The lowest BCUT2D eigenvalue weighted by Crippen LogP contribution is -2.32. The number of furan rings is 1. The van der Waals surface area contributed by atoms with Crippen molar-refractivity contribution < 1.29 is 13.6 Å². The molecule has 0 radical (unpaired) electrons. The third kappa shape index (κ3) is 5.07. The summed E-state index contributed by atoms with van der Waals surface area (Å²) in [6, 6.07) is 24.7. The van der Waals surface area contributed by atoms with Crippen LogP contribution in [0.4, 0.5) is 10.1 Å². The van der Waals surface area contributed by atoms with E-state index in [0.29, 0.717) is 17.3 Å². The molecule has 0 spiro atoms. The third-order valence-electron chi connectivity index (χ3n) is 5.88. The van der Waals surface area contributed by atoms with E-state index in [4.69, 9.17) is 16.6 Å². The Bertz CT molecular complexity index is 1310. The highest BCUT2D eigenvalue weighted by Crippen LogP contribution is 2.40. The highest BCUT2D eigenvalue weighted by Gasteiger charge is 2.41. The molecule has 2 N–H and O–H groups in total. The van der Waals surface area contributed by atoms with Crippen molar-refractivity contribution in [1.29, 1.82) is 0 Å². The molecule has 3 heterocycles. The number of pyridine rings is 1. The Labute approximate surface area is 207 Å². The minimum absolute atomic E-state index is 0.191. The van der Waals surface area contributed by atoms with Crippen LogP contribution in [0.1, 0.15) is 30.0 Å². The number of aromatic nitrogens is 1. The van der Waals surface area contributed by atoms with E-state index in [1.165, 1.54) is 24.3 Å². The number of nitrogens with one attached hydrogen (secondary N) is 2. The first-order chi connectivity index (χ1) is 17.1. The molecule has 1 fully saturated rings. The van der Waals surface area contributed by atoms with Crippen molar-refractivity contribution >= 4 is 28.9 Å². The van der Waals surface area contributed by atoms with Crippen LogP contribution in [-0.2, 0) is 4.79 Å². The Kier molecular flexibility index (Phi) is 6.54. The van der Waals surface area contributed by atoms with Crippen molar-refractivity contribution in [1.82, 2.24) is 15.2 Å². The topological polar surface area (TPSA) is 70.4 Å². The number of benzene rings is 2. The van der Waals surface area contributed by atoms with Gasteiger partial charge in [0, 0.05) is 30.4 Å². The molecule has 5 rings (SSSR count). The van der Waals surface area contributed by atoms with Gasteiger partial charge in [0.2, 0.25) is 5.91 Å². The van der Waals surface area contributed by atoms with Crippen LogP contribution in [0.5, 0.6) is 0 Å². The molecule has 35 heavy (non-hydrogen) atoms. The number of halogens is 1. The average Bonchev–Trinajstić information content (AvgIpc) is 3.50. The summed E-state index contributed by atoms with van der Waals surface area (Å²) >= 11 is 5.66. The van der Waals surface area contributed by atoms with Crippen molar-refractivity contribution in [3.8, 4) is 11.3 Å². The van der Waals surface area contributed by atoms with Gasteiger partial charge in [-0.2, -0.15) is 0 Å². The first-order valence-electron chi connectivity index (χ1n) is 11.3. The number of anilines is 1. The third-order valence-corrected chi connectivity index (χ3v) is 6.23. The van der Waals surface area contributed by atoms with Gasteiger partial charge < -0.3 is 20.0 Å². The Morgan fingerprint density at radius 2 is 1.80 bits per heavy atom. The van der Waals surface area contributed by atoms with Crippen LogP contribution in [0, 0.1) is 5.82 Å². The van der Waals surface area contributed by atoms with Crippen molar-refractivity contribution in [3.63, 3.8) is 0 Å². The summed E-state index contributed by atoms with van der Waals surface area (Å²) < 4.78 is 19.4. The van der Waals surface area contributed by atoms with Gasteiger partial charge in [0.1, 0.15) is 23.4 Å². The fraction of sp³-hybridized carbons (Fsp3) is 0.148. The van der Waals surface area contributed by atoms with E-state index in [9.17, 15) is 9.18 Å². The molecule has 0 saturated carbocycles. The van der Waals surface area contributed by atoms with E-state index >= 15 is 0 Å². The number of carbonyl (C=O) groups is 1. The van der Waals surface area contributed by atoms with E-state index in [0.717, 1.165) is 22.8 Å². The SMILES string of the molecule is O=C(CCN1C(=S)N[C@H](c2ccccn2)[C@H]1c1ccc(-c2ccccc2)o1)Nc1ccc(F)cc1. The fourth-order valence-electron chi connectivity index (χ4n) is 4.20. The molecule has 2 atom stereocenters. The molecule has 0 aliphatic carbocycles. The molecule has 1 aliphatic rings. The van der Waals surface area contributed by atoms with E-state index in [2.05, 4.69) is 15.6 Å². The lowest BCUT2D eigenvalue weighted by molar-refractivity contribution is -0.116. The zero-order chi connectivity index (χ0) is 24.2. The van der Waals surface area contributed by atoms with Crippen molar-refractivity contribution in [2.24, 2.45) is 0 Å². The first kappa shape index (κ1) is 22.7. The largest absolute Gasteiger partial charge is 0.459 e. The molecule has 1 saturated heterocycles. The first-order valence-corrected chi connectivity index (χ1v) is 11.7. The summed E-state index contributed by atoms with van der Waals surface area (Å²) in [5.74, 6) is 0.940. The predicted octanol–water partition coefficient (Wildman–Crippen LogP) is 5.48. The van der Waals surface area contributed by atoms with Gasteiger partial charge in [-0.15, -0.1) is 0 Å². The lowest BCUT2D eigenvalue weighted by Gasteiger charge is -2.25. The van der Waals surface area contributed by atoms with Crippen LogP contribution in [0.15, 0.2) is 95.5 Å². The Balaban J connectivity index is 1.38. The van der Waals surface area contributed by atoms with Gasteiger partial charge in [-0.1, -0.05) is 36.4 Å². The molecular weight excluding hydrogens is 463 g/mol. The van der Waals surface area contributed by atoms with E-state index in [1.54, 1.807) is 6.20 Å². The van der Waals surface area contributed by atoms with Gasteiger partial charge in [-0.05, 0) is 60.7 Å². The Morgan fingerprint density at radius 3 is 2.54 bits per heavy atom. The molecule has 0 unspecified atom stereocenters. The van der Waals surface area contributed by atoms with Gasteiger partial charge in [-0.25, -0.2) is 4.39 Å². The molecule has 2 aromatic carbocycles. The zero-order valence-electron chi connectivity index (χ0n) is 18.7. The summed E-state index contributed by atoms with van der Waals surface area (Å²) in [6.07, 6.45) is 1.93. The van der Waals surface area contributed by atoms with Crippen LogP contribution < -0.4 is 10.6 Å². The summed E-state index contributed by atoms with van der Waals surface area (Å²) in [5.41, 5.74) is 2.35. The van der Waals surface area contributed by atoms with Crippen LogP contribution >= 0.6 is 12.2 Å². The minimum atomic E-state index is -0.354. The number of hydrogen-bond donors (Lipinski definition) is 2. The molecule has 2 aromatic heterocycles. The summed E-state index contributed by atoms with van der Waals surface area (Å²) in [7, 11) is 0. The molecule has 176 valence electrons. The monoisotopic (exact) mass is 486 g/mol. The van der Waals surface area contributed by atoms with E-state index in [1.807, 2.05) is 65.6 Å².